The fourth-order valence-corrected chi connectivity index (χ4v) is 0.858. The minimum atomic E-state index is -4.49. The summed E-state index contributed by atoms with van der Waals surface area (Å²) < 4.78 is 37.1. The van der Waals surface area contributed by atoms with Crippen LogP contribution in [0.3, 0.4) is 0 Å². The number of aromatic nitrogens is 2. The highest BCUT2D eigenvalue weighted by Crippen LogP contribution is 2.28. The highest BCUT2D eigenvalue weighted by atomic mass is 19.4. The summed E-state index contributed by atoms with van der Waals surface area (Å²) in [6.45, 7) is 1.08. The number of aliphatic carboxylic acids is 1. The summed E-state index contributed by atoms with van der Waals surface area (Å²) >= 11 is 0. The molecule has 1 rings (SSSR count). The minimum absolute atomic E-state index is 0.0488. The lowest BCUT2D eigenvalue weighted by Crippen LogP contribution is -2.15. The molecule has 4 N–H and O–H groups in total. The van der Waals surface area contributed by atoms with Gasteiger partial charge in [-0.25, -0.2) is 0 Å². The number of carbonyl (C=O) groups is 1. The molecule has 1 aromatic heterocycles. The van der Waals surface area contributed by atoms with Crippen molar-refractivity contribution < 1.29 is 23.1 Å². The number of rotatable bonds is 1. The molecule has 0 aliphatic carbocycles. The first-order valence-corrected chi connectivity index (χ1v) is 4.21. The lowest BCUT2D eigenvalue weighted by Gasteiger charge is -1.98. The molecule has 0 aliphatic rings. The van der Waals surface area contributed by atoms with Crippen LogP contribution in [0.25, 0.3) is 0 Å². The van der Waals surface area contributed by atoms with E-state index in [1.165, 1.54) is 7.05 Å². The van der Waals surface area contributed by atoms with Crippen molar-refractivity contribution >= 4 is 11.8 Å². The largest absolute Gasteiger partial charge is 0.481 e. The van der Waals surface area contributed by atoms with Gasteiger partial charge < -0.3 is 10.8 Å². The van der Waals surface area contributed by atoms with Crippen molar-refractivity contribution in [3.63, 3.8) is 0 Å². The Morgan fingerprint density at radius 2 is 2.00 bits per heavy atom. The van der Waals surface area contributed by atoms with Crippen molar-refractivity contribution in [1.82, 2.24) is 9.78 Å². The van der Waals surface area contributed by atoms with E-state index in [4.69, 9.17) is 21.0 Å². The molecule has 0 fully saturated rings. The summed E-state index contributed by atoms with van der Waals surface area (Å²) in [6.07, 6.45) is -4.49. The highest BCUT2D eigenvalue weighted by Gasteiger charge is 2.34. The van der Waals surface area contributed by atoms with Crippen LogP contribution in [-0.4, -0.2) is 26.7 Å². The van der Waals surface area contributed by atoms with Gasteiger partial charge in [0, 0.05) is 14.0 Å². The first-order valence-electron chi connectivity index (χ1n) is 4.21. The molecule has 0 aromatic carbocycles. The van der Waals surface area contributed by atoms with E-state index in [2.05, 4.69) is 5.10 Å². The van der Waals surface area contributed by atoms with E-state index in [1.807, 2.05) is 0 Å². The Kier molecular flexibility index (Phi) is 4.68. The summed E-state index contributed by atoms with van der Waals surface area (Å²) in [5.41, 5.74) is 3.94. The fraction of sp³-hybridized carbons (Fsp3) is 0.375. The second-order valence-electron chi connectivity index (χ2n) is 2.97. The molecule has 6 nitrogen and oxygen atoms in total. The second-order valence-corrected chi connectivity index (χ2v) is 2.97. The number of alkyl halides is 3. The smallest absolute Gasteiger partial charge is 0.435 e. The van der Waals surface area contributed by atoms with Crippen molar-refractivity contribution in [2.45, 2.75) is 13.1 Å². The van der Waals surface area contributed by atoms with Crippen LogP contribution >= 0.6 is 0 Å². The van der Waals surface area contributed by atoms with Crippen molar-refractivity contribution in [2.75, 3.05) is 0 Å². The molecule has 0 amide bonds. The van der Waals surface area contributed by atoms with Gasteiger partial charge in [0.05, 0.1) is 0 Å². The number of halogens is 3. The third-order valence-electron chi connectivity index (χ3n) is 1.45. The van der Waals surface area contributed by atoms with Crippen LogP contribution in [0.2, 0.25) is 0 Å². The number of hydrogen-bond acceptors (Lipinski definition) is 3. The number of nitrogens with two attached hydrogens (primary N) is 1. The standard InChI is InChI=1S/C6H7F3N4.C2H4O2/c1-13-3(5(10)11)2-4(12-13)6(7,8)9;1-2(3)4/h2H,1H3,(H3,10,11);1H3,(H,3,4). The van der Waals surface area contributed by atoms with Gasteiger partial charge >= 0.3 is 6.18 Å². The summed E-state index contributed by atoms with van der Waals surface area (Å²) in [5, 5.41) is 17.5. The molecule has 1 heterocycles. The third-order valence-corrected chi connectivity index (χ3v) is 1.45. The normalized spacial score (nSPS) is 10.4. The molecule has 0 spiro atoms. The zero-order valence-electron chi connectivity index (χ0n) is 9.04. The van der Waals surface area contributed by atoms with Crippen LogP contribution in [0.1, 0.15) is 18.3 Å². The molecule has 0 bridgehead atoms. The van der Waals surface area contributed by atoms with Crippen LogP contribution in [0.4, 0.5) is 13.2 Å². The van der Waals surface area contributed by atoms with E-state index in [9.17, 15) is 13.2 Å². The number of nitrogens with one attached hydrogen (secondary N) is 1. The molecule has 0 unspecified atom stereocenters. The monoisotopic (exact) mass is 252 g/mol. The Morgan fingerprint density at radius 3 is 2.18 bits per heavy atom. The van der Waals surface area contributed by atoms with Gasteiger partial charge in [-0.05, 0) is 6.07 Å². The molecule has 0 radical (unpaired) electrons. The minimum Gasteiger partial charge on any atom is -0.481 e. The zero-order valence-corrected chi connectivity index (χ0v) is 9.04. The summed E-state index contributed by atoms with van der Waals surface area (Å²) in [4.78, 5) is 9.00. The summed E-state index contributed by atoms with van der Waals surface area (Å²) in [7, 11) is 1.30. The lowest BCUT2D eigenvalue weighted by atomic mass is 10.3. The number of hydrogen-bond donors (Lipinski definition) is 3. The van der Waals surface area contributed by atoms with Gasteiger partial charge in [-0.3, -0.25) is 14.9 Å². The molecule has 17 heavy (non-hydrogen) atoms. The predicted molar refractivity (Wildman–Crippen MR) is 52.5 cm³/mol. The van der Waals surface area contributed by atoms with Gasteiger partial charge in [0.2, 0.25) is 0 Å². The van der Waals surface area contributed by atoms with Gasteiger partial charge in [0.15, 0.2) is 5.69 Å². The lowest BCUT2D eigenvalue weighted by molar-refractivity contribution is -0.141. The molecule has 96 valence electrons. The van der Waals surface area contributed by atoms with Crippen molar-refractivity contribution in [2.24, 2.45) is 12.8 Å². The highest BCUT2D eigenvalue weighted by molar-refractivity contribution is 5.93. The Labute approximate surface area is 94.3 Å². The van der Waals surface area contributed by atoms with Gasteiger partial charge in [-0.15, -0.1) is 0 Å². The van der Waals surface area contributed by atoms with Crippen LogP contribution in [0.15, 0.2) is 6.07 Å². The van der Waals surface area contributed by atoms with E-state index in [0.29, 0.717) is 0 Å². The first-order chi connectivity index (χ1) is 7.55. The van der Waals surface area contributed by atoms with Crippen LogP contribution in [0, 0.1) is 5.41 Å². The Bertz CT molecular complexity index is 421. The van der Waals surface area contributed by atoms with Crippen LogP contribution < -0.4 is 5.73 Å². The maximum atomic E-state index is 12.1. The van der Waals surface area contributed by atoms with E-state index >= 15 is 0 Å². The van der Waals surface area contributed by atoms with E-state index in [0.717, 1.165) is 17.7 Å². The summed E-state index contributed by atoms with van der Waals surface area (Å²) in [5.74, 6) is -1.27. The number of nitrogens with zero attached hydrogens (tertiary/aromatic N) is 2. The van der Waals surface area contributed by atoms with E-state index in [1.54, 1.807) is 0 Å². The Morgan fingerprint density at radius 1 is 1.59 bits per heavy atom. The molecular weight excluding hydrogens is 241 g/mol. The Hall–Kier alpha value is -2.06. The fourth-order valence-electron chi connectivity index (χ4n) is 0.858. The zero-order chi connectivity index (χ0) is 13.8. The number of carboxylic acids is 1. The first kappa shape index (κ1) is 14.9. The van der Waals surface area contributed by atoms with Crippen LogP contribution in [0.5, 0.6) is 0 Å². The van der Waals surface area contributed by atoms with Gasteiger partial charge in [-0.1, -0.05) is 0 Å². The van der Waals surface area contributed by atoms with Crippen molar-refractivity contribution in [1.29, 1.82) is 5.41 Å². The SMILES string of the molecule is CC(=O)O.Cn1nc(C(F)(F)F)cc1C(=N)N. The molecule has 0 saturated heterocycles. The van der Waals surface area contributed by atoms with Crippen molar-refractivity contribution in [3.8, 4) is 0 Å². The maximum Gasteiger partial charge on any atom is 0.435 e. The average Bonchev–Trinajstić information content (AvgIpc) is 2.44. The van der Waals surface area contributed by atoms with Crippen LogP contribution in [-0.2, 0) is 18.0 Å². The number of aryl methyl sites for hydroxylation is 1. The second kappa shape index (κ2) is 5.32. The molecule has 9 heteroatoms. The Balaban J connectivity index is 0.000000557. The molecule has 0 aliphatic heterocycles. The summed E-state index contributed by atoms with van der Waals surface area (Å²) in [6, 6.07) is 0.738. The molecule has 0 saturated carbocycles. The number of nitrogen functional groups attached to an aromatic ring is 1. The predicted octanol–water partition coefficient (Wildman–Crippen LogP) is 0.814. The molecule has 0 atom stereocenters. The average molecular weight is 252 g/mol. The van der Waals surface area contributed by atoms with E-state index < -0.39 is 23.7 Å². The number of carboxylic acid groups (broad SMARTS) is 1. The number of amidine groups is 1. The topological polar surface area (TPSA) is 105 Å². The van der Waals surface area contributed by atoms with E-state index in [-0.39, 0.29) is 5.69 Å². The third kappa shape index (κ3) is 5.00. The van der Waals surface area contributed by atoms with Crippen molar-refractivity contribution in [3.05, 3.63) is 17.5 Å². The van der Waals surface area contributed by atoms with Gasteiger partial charge in [-0.2, -0.15) is 18.3 Å². The molecule has 1 aromatic rings. The van der Waals surface area contributed by atoms with Gasteiger partial charge in [0.25, 0.3) is 5.97 Å². The van der Waals surface area contributed by atoms with Gasteiger partial charge in [0.1, 0.15) is 11.5 Å². The quantitative estimate of drug-likeness (QED) is 0.508. The molecular formula is C8H11F3N4O2. The maximum absolute atomic E-state index is 12.1.